The van der Waals surface area contributed by atoms with Gasteiger partial charge in [-0.05, 0) is 12.8 Å². The molecule has 0 aromatic rings. The Hall–Kier alpha value is -0.0200. The third-order valence-electron chi connectivity index (χ3n) is 1.81. The molecule has 0 amide bonds. The van der Waals surface area contributed by atoms with E-state index < -0.39 is 26.4 Å². The van der Waals surface area contributed by atoms with Crippen molar-refractivity contribution in [1.82, 2.24) is 0 Å². The summed E-state index contributed by atoms with van der Waals surface area (Å²) in [6.45, 7) is 1.49. The lowest BCUT2D eigenvalue weighted by Crippen LogP contribution is -2.26. The van der Waals surface area contributed by atoms with E-state index in [-0.39, 0.29) is 0 Å². The highest BCUT2D eigenvalue weighted by Crippen LogP contribution is 2.29. The van der Waals surface area contributed by atoms with Gasteiger partial charge in [-0.1, -0.05) is 17.9 Å². The monoisotopic (exact) mass is 209 g/mol. The maximum Gasteiger partial charge on any atom is 0.372 e. The van der Waals surface area contributed by atoms with Crippen molar-refractivity contribution < 1.29 is 19.9 Å². The fourth-order valence-corrected chi connectivity index (χ4v) is 2.21. The van der Waals surface area contributed by atoms with E-state index in [0.29, 0.717) is 6.16 Å². The topological polar surface area (TPSA) is 77.8 Å². The highest BCUT2D eigenvalue weighted by molar-refractivity contribution is 7.45. The average Bonchev–Trinajstić information content (AvgIpc) is 2.15. The van der Waals surface area contributed by atoms with Gasteiger partial charge in [0.25, 0.3) is 5.85 Å². The molecule has 0 fully saturated rings. The Morgan fingerprint density at radius 2 is 1.92 bits per heavy atom. The van der Waals surface area contributed by atoms with Crippen LogP contribution in [0.3, 0.4) is 0 Å². The summed E-state index contributed by atoms with van der Waals surface area (Å²) in [7, 11) is -1.80. The molecule has 0 saturated carbocycles. The molecule has 0 heterocycles. The van der Waals surface area contributed by atoms with Crippen LogP contribution in [-0.2, 0) is 4.57 Å². The van der Waals surface area contributed by atoms with Gasteiger partial charge >= 0.3 is 7.80 Å². The number of aliphatic hydroxyl groups is 3. The molecule has 0 aromatic heterocycles. The van der Waals surface area contributed by atoms with Crippen LogP contribution in [0.15, 0.2) is 0 Å². The lowest BCUT2D eigenvalue weighted by molar-refractivity contribution is 0.0245. The second kappa shape index (κ2) is 7.39. The summed E-state index contributed by atoms with van der Waals surface area (Å²) in [5, 5.41) is 26.6. The molecule has 3 unspecified atom stereocenters. The zero-order valence-electron chi connectivity index (χ0n) is 7.89. The summed E-state index contributed by atoms with van der Waals surface area (Å²) in [6, 6.07) is 0. The Morgan fingerprint density at radius 1 is 1.31 bits per heavy atom. The van der Waals surface area contributed by atoms with Gasteiger partial charge in [-0.25, -0.2) is 0 Å². The molecule has 0 aliphatic carbocycles. The molecule has 0 aromatic carbocycles. The van der Waals surface area contributed by atoms with Gasteiger partial charge in [-0.3, -0.25) is 0 Å². The molecule has 3 N–H and O–H groups in total. The predicted molar refractivity (Wildman–Crippen MR) is 51.1 cm³/mol. The molecule has 4 nitrogen and oxygen atoms in total. The minimum atomic E-state index is -1.80. The first kappa shape index (κ1) is 13.0. The van der Waals surface area contributed by atoms with Gasteiger partial charge in [0.15, 0.2) is 0 Å². The predicted octanol–water partition coefficient (Wildman–Crippen LogP) is 0.676. The zero-order valence-corrected chi connectivity index (χ0v) is 8.78. The summed E-state index contributed by atoms with van der Waals surface area (Å²) < 4.78 is 11.2. The molecule has 13 heavy (non-hydrogen) atoms. The standard InChI is InChI=1S/C8H18O4P/c1-2-3-4-5-13(12)8(11)7(10)6-9/h7-11H,2-6H2,1H3/q+1. The van der Waals surface area contributed by atoms with Gasteiger partial charge in [0.1, 0.15) is 12.3 Å². The van der Waals surface area contributed by atoms with E-state index in [1.807, 2.05) is 6.92 Å². The maximum absolute atomic E-state index is 11.2. The number of unbranched alkanes of at least 4 members (excludes halogenated alkanes) is 2. The summed E-state index contributed by atoms with van der Waals surface area (Å²) in [5.41, 5.74) is 0. The van der Waals surface area contributed by atoms with Gasteiger partial charge in [0.05, 0.1) is 6.61 Å². The third kappa shape index (κ3) is 5.32. The Bertz CT molecular complexity index is 151. The van der Waals surface area contributed by atoms with Crippen LogP contribution in [0.5, 0.6) is 0 Å². The van der Waals surface area contributed by atoms with Crippen molar-refractivity contribution in [2.75, 3.05) is 12.8 Å². The third-order valence-corrected chi connectivity index (χ3v) is 3.50. The van der Waals surface area contributed by atoms with Crippen LogP contribution in [0.25, 0.3) is 0 Å². The Morgan fingerprint density at radius 3 is 2.38 bits per heavy atom. The quantitative estimate of drug-likeness (QED) is 0.425. The lowest BCUT2D eigenvalue weighted by atomic mass is 10.3. The Balaban J connectivity index is 3.69. The van der Waals surface area contributed by atoms with Crippen molar-refractivity contribution in [3.05, 3.63) is 0 Å². The van der Waals surface area contributed by atoms with Crippen molar-refractivity contribution >= 4 is 7.80 Å². The summed E-state index contributed by atoms with van der Waals surface area (Å²) in [5.74, 6) is -1.28. The van der Waals surface area contributed by atoms with Gasteiger partial charge in [0.2, 0.25) is 0 Å². The second-order valence-corrected chi connectivity index (χ2v) is 4.82. The molecule has 0 bridgehead atoms. The number of hydrogen-bond donors (Lipinski definition) is 3. The molecular weight excluding hydrogens is 191 g/mol. The molecule has 5 heteroatoms. The van der Waals surface area contributed by atoms with E-state index in [1.165, 1.54) is 0 Å². The number of aliphatic hydroxyl groups excluding tert-OH is 3. The van der Waals surface area contributed by atoms with Crippen LogP contribution in [0.2, 0.25) is 0 Å². The number of rotatable bonds is 7. The molecule has 0 rings (SSSR count). The molecule has 0 radical (unpaired) electrons. The maximum atomic E-state index is 11.2. The molecule has 78 valence electrons. The second-order valence-electron chi connectivity index (χ2n) is 3.01. The van der Waals surface area contributed by atoms with Gasteiger partial charge < -0.3 is 15.3 Å². The smallest absolute Gasteiger partial charge is 0.372 e. The summed E-state index contributed by atoms with van der Waals surface area (Å²) in [6.07, 6.45) is 1.94. The van der Waals surface area contributed by atoms with Crippen molar-refractivity contribution in [1.29, 1.82) is 0 Å². The first-order valence-corrected chi connectivity index (χ1v) is 6.05. The van der Waals surface area contributed by atoms with Crippen LogP contribution < -0.4 is 0 Å². The molecular formula is C8H18O4P+. The fraction of sp³-hybridized carbons (Fsp3) is 1.00. The van der Waals surface area contributed by atoms with Crippen LogP contribution in [0.4, 0.5) is 0 Å². The fourth-order valence-electron chi connectivity index (χ4n) is 0.936. The summed E-state index contributed by atoms with van der Waals surface area (Å²) >= 11 is 0. The van der Waals surface area contributed by atoms with Crippen molar-refractivity contribution in [2.24, 2.45) is 0 Å². The average molecular weight is 209 g/mol. The van der Waals surface area contributed by atoms with Crippen LogP contribution >= 0.6 is 7.80 Å². The molecule has 0 aliphatic rings. The van der Waals surface area contributed by atoms with Gasteiger partial charge in [-0.2, -0.15) is 0 Å². The van der Waals surface area contributed by atoms with E-state index >= 15 is 0 Å². The highest BCUT2D eigenvalue weighted by Gasteiger charge is 2.33. The normalized spacial score (nSPS) is 16.8. The van der Waals surface area contributed by atoms with Crippen LogP contribution in [0.1, 0.15) is 26.2 Å². The largest absolute Gasteiger partial charge is 0.393 e. The van der Waals surface area contributed by atoms with Crippen LogP contribution in [-0.4, -0.2) is 40.0 Å². The van der Waals surface area contributed by atoms with Crippen molar-refractivity contribution in [3.8, 4) is 0 Å². The molecule has 0 spiro atoms. The molecule has 0 aliphatic heterocycles. The van der Waals surface area contributed by atoms with Gasteiger partial charge in [-0.15, -0.1) is 0 Å². The van der Waals surface area contributed by atoms with Crippen molar-refractivity contribution in [2.45, 2.75) is 38.1 Å². The van der Waals surface area contributed by atoms with Crippen LogP contribution in [0, 0.1) is 0 Å². The minimum absolute atomic E-state index is 0.418. The van der Waals surface area contributed by atoms with E-state index in [1.54, 1.807) is 0 Å². The first-order chi connectivity index (χ1) is 6.13. The number of hydrogen-bond acceptors (Lipinski definition) is 4. The Kier molecular flexibility index (Phi) is 7.38. The van der Waals surface area contributed by atoms with E-state index in [2.05, 4.69) is 0 Å². The zero-order chi connectivity index (χ0) is 10.3. The van der Waals surface area contributed by atoms with Crippen molar-refractivity contribution in [3.63, 3.8) is 0 Å². The molecule has 0 saturated heterocycles. The lowest BCUT2D eigenvalue weighted by Gasteiger charge is -2.05. The molecule has 3 atom stereocenters. The van der Waals surface area contributed by atoms with E-state index in [0.717, 1.165) is 19.3 Å². The van der Waals surface area contributed by atoms with E-state index in [9.17, 15) is 9.67 Å². The highest BCUT2D eigenvalue weighted by atomic mass is 31.1. The van der Waals surface area contributed by atoms with Gasteiger partial charge in [0, 0.05) is 0 Å². The summed E-state index contributed by atoms with van der Waals surface area (Å²) in [4.78, 5) is 0. The van der Waals surface area contributed by atoms with E-state index in [4.69, 9.17) is 10.2 Å². The first-order valence-electron chi connectivity index (χ1n) is 4.54. The SMILES string of the molecule is CCCCC[P+](=O)C(O)C(O)CO. The Labute approximate surface area is 79.4 Å². The minimum Gasteiger partial charge on any atom is -0.393 e.